The summed E-state index contributed by atoms with van der Waals surface area (Å²) in [5.74, 6) is 2.14. The first kappa shape index (κ1) is 45.4. The molecule has 0 unspecified atom stereocenters. The zero-order valence-corrected chi connectivity index (χ0v) is 36.9. The summed E-state index contributed by atoms with van der Waals surface area (Å²) in [6.07, 6.45) is 19.3. The van der Waals surface area contributed by atoms with Crippen molar-refractivity contribution in [2.45, 2.75) is 175 Å². The second-order valence-electron chi connectivity index (χ2n) is 18.5. The lowest BCUT2D eigenvalue weighted by atomic mass is 9.68. The molecule has 7 nitrogen and oxygen atoms in total. The highest BCUT2D eigenvalue weighted by molar-refractivity contribution is 6.90. The van der Waals surface area contributed by atoms with Gasteiger partial charge in [0.05, 0.1) is 27.9 Å². The maximum atomic E-state index is 12.7. The number of carbonyl (C=O) groups excluding carboxylic acids is 2. The van der Waals surface area contributed by atoms with Crippen LogP contribution in [0.15, 0.2) is 36.4 Å². The molecule has 3 aliphatic rings. The third-order valence-electron chi connectivity index (χ3n) is 12.7. The normalized spacial score (nSPS) is 23.3. The summed E-state index contributed by atoms with van der Waals surface area (Å²) in [6, 6.07) is 5.74. The molecule has 2 aliphatic carbocycles. The quantitative estimate of drug-likeness (QED) is 0.0532. The van der Waals surface area contributed by atoms with Crippen molar-refractivity contribution >= 4 is 25.2 Å². The van der Waals surface area contributed by atoms with Crippen molar-refractivity contribution in [1.29, 1.82) is 0 Å². The lowest BCUT2D eigenvalue weighted by molar-refractivity contribution is -0.266. The van der Waals surface area contributed by atoms with E-state index in [2.05, 4.69) is 45.3 Å². The summed E-state index contributed by atoms with van der Waals surface area (Å²) in [5, 5.41) is 1.25. The van der Waals surface area contributed by atoms with Gasteiger partial charge in [0.2, 0.25) is 0 Å². The van der Waals surface area contributed by atoms with E-state index in [9.17, 15) is 9.59 Å². The number of rotatable bonds is 21. The zero-order valence-electron chi connectivity index (χ0n) is 35.9. The average Bonchev–Trinajstić information content (AvgIpc) is 3.16. The van der Waals surface area contributed by atoms with Crippen LogP contribution in [-0.2, 0) is 46.5 Å². The Bertz CT molecular complexity index is 1340. The molecule has 0 radical (unpaired) electrons. The van der Waals surface area contributed by atoms with E-state index in [-0.39, 0.29) is 31.1 Å². The molecule has 0 bridgehead atoms. The first-order chi connectivity index (χ1) is 26.2. The lowest BCUT2D eigenvalue weighted by Gasteiger charge is -2.38. The van der Waals surface area contributed by atoms with E-state index in [1.807, 2.05) is 13.8 Å². The zero-order chi connectivity index (χ0) is 40.0. The molecule has 4 rings (SSSR count). The average molecular weight is 781 g/mol. The van der Waals surface area contributed by atoms with Crippen LogP contribution in [0.25, 0.3) is 0 Å². The molecule has 2 saturated carbocycles. The largest absolute Gasteiger partial charge is 0.457 e. The standard InChI is InChI=1S/C47H76O7Si/c1-10-11-13-16-36-17-19-38(20-18-36)39-21-23-40(24-22-39)41-27-42(32-51-45(48)34(2)3)44(43(28-41)33-52-46(49)35(4)5)55(8,9)26-15-12-14-25-50-29-37-30-53-47(6,7)54-31-37/h27-28,36-40H,2,4,10-26,29-33H2,1,3,5-9H3. The summed E-state index contributed by atoms with van der Waals surface area (Å²) < 4.78 is 29.3. The van der Waals surface area contributed by atoms with Gasteiger partial charge in [0.25, 0.3) is 0 Å². The smallest absolute Gasteiger partial charge is 0.333 e. The van der Waals surface area contributed by atoms with Crippen LogP contribution in [0, 0.1) is 23.7 Å². The second kappa shape index (κ2) is 22.0. The second-order valence-corrected chi connectivity index (χ2v) is 23.2. The lowest BCUT2D eigenvalue weighted by Crippen LogP contribution is -2.46. The van der Waals surface area contributed by atoms with Crippen molar-refractivity contribution in [2.75, 3.05) is 26.4 Å². The number of benzene rings is 1. The fraction of sp³-hybridized carbons (Fsp3) is 0.745. The van der Waals surface area contributed by atoms with E-state index >= 15 is 0 Å². The third kappa shape index (κ3) is 14.6. The summed E-state index contributed by atoms with van der Waals surface area (Å²) >= 11 is 0. The van der Waals surface area contributed by atoms with Crippen LogP contribution in [-0.4, -0.2) is 52.2 Å². The molecule has 1 aliphatic heterocycles. The number of unbranched alkanes of at least 4 members (excludes halogenated alkanes) is 4. The van der Waals surface area contributed by atoms with E-state index in [4.69, 9.17) is 23.7 Å². The predicted molar refractivity (Wildman–Crippen MR) is 226 cm³/mol. The Labute approximate surface area is 335 Å². The van der Waals surface area contributed by atoms with Gasteiger partial charge in [-0.3, -0.25) is 0 Å². The Balaban J connectivity index is 1.44. The summed E-state index contributed by atoms with van der Waals surface area (Å²) in [4.78, 5) is 25.4. The van der Waals surface area contributed by atoms with Gasteiger partial charge in [0.15, 0.2) is 5.79 Å². The molecule has 0 N–H and O–H groups in total. The first-order valence-electron chi connectivity index (χ1n) is 21.9. The van der Waals surface area contributed by atoms with Gasteiger partial charge in [0.1, 0.15) is 13.2 Å². The molecule has 0 spiro atoms. The van der Waals surface area contributed by atoms with E-state index in [0.717, 1.165) is 60.8 Å². The molecule has 0 amide bonds. The fourth-order valence-corrected chi connectivity index (χ4v) is 12.8. The van der Waals surface area contributed by atoms with Crippen molar-refractivity contribution < 1.29 is 33.3 Å². The van der Waals surface area contributed by atoms with Crippen LogP contribution in [0.3, 0.4) is 0 Å². The van der Waals surface area contributed by atoms with Gasteiger partial charge in [0, 0.05) is 23.7 Å². The topological polar surface area (TPSA) is 80.3 Å². The maximum Gasteiger partial charge on any atom is 0.333 e. The molecule has 1 aromatic carbocycles. The van der Waals surface area contributed by atoms with E-state index in [1.54, 1.807) is 13.8 Å². The highest BCUT2D eigenvalue weighted by Crippen LogP contribution is 2.45. The van der Waals surface area contributed by atoms with Crippen LogP contribution in [0.5, 0.6) is 0 Å². The minimum Gasteiger partial charge on any atom is -0.457 e. The number of hydrogen-bond acceptors (Lipinski definition) is 7. The van der Waals surface area contributed by atoms with Crippen molar-refractivity contribution in [2.24, 2.45) is 23.7 Å². The first-order valence-corrected chi connectivity index (χ1v) is 25.1. The molecular formula is C47H76O7Si. The van der Waals surface area contributed by atoms with Gasteiger partial charge in [-0.2, -0.15) is 0 Å². The Morgan fingerprint density at radius 1 is 0.764 bits per heavy atom. The molecule has 0 atom stereocenters. The van der Waals surface area contributed by atoms with Gasteiger partial charge in [-0.25, -0.2) is 9.59 Å². The predicted octanol–water partition coefficient (Wildman–Crippen LogP) is 11.1. The van der Waals surface area contributed by atoms with Gasteiger partial charge < -0.3 is 23.7 Å². The molecular weight excluding hydrogens is 705 g/mol. The van der Waals surface area contributed by atoms with Crippen LogP contribution >= 0.6 is 0 Å². The van der Waals surface area contributed by atoms with E-state index < -0.39 is 13.9 Å². The van der Waals surface area contributed by atoms with Crippen LogP contribution in [0.1, 0.15) is 154 Å². The van der Waals surface area contributed by atoms with Gasteiger partial charge in [-0.05, 0) is 118 Å². The molecule has 1 aromatic rings. The monoisotopic (exact) mass is 781 g/mol. The number of ether oxygens (including phenoxy) is 5. The fourth-order valence-electron chi connectivity index (χ4n) is 9.36. The van der Waals surface area contributed by atoms with Crippen molar-refractivity contribution in [3.05, 3.63) is 53.1 Å². The number of esters is 2. The molecule has 1 heterocycles. The molecule has 8 heteroatoms. The summed E-state index contributed by atoms with van der Waals surface area (Å²) in [7, 11) is -2.10. The molecule has 310 valence electrons. The maximum absolute atomic E-state index is 12.7. The van der Waals surface area contributed by atoms with Crippen molar-refractivity contribution in [3.8, 4) is 0 Å². The SMILES string of the molecule is C=C(C)C(=O)OCc1cc(C2CCC(C3CCC(CCCCC)CC3)CC2)cc(COC(=O)C(=C)C)c1[Si](C)(C)CCCCCOCC1COC(C)(C)OC1. The highest BCUT2D eigenvalue weighted by atomic mass is 28.3. The molecule has 3 fully saturated rings. The van der Waals surface area contributed by atoms with Gasteiger partial charge in [-0.1, -0.05) is 103 Å². The molecule has 1 saturated heterocycles. The van der Waals surface area contributed by atoms with E-state index in [0.29, 0.717) is 36.9 Å². The van der Waals surface area contributed by atoms with E-state index in [1.165, 1.54) is 87.8 Å². The Morgan fingerprint density at radius 2 is 1.31 bits per heavy atom. The minimum atomic E-state index is -2.10. The highest BCUT2D eigenvalue weighted by Gasteiger charge is 2.34. The number of hydrogen-bond donors (Lipinski definition) is 0. The van der Waals surface area contributed by atoms with Crippen LogP contribution in [0.4, 0.5) is 0 Å². The van der Waals surface area contributed by atoms with Crippen LogP contribution in [0.2, 0.25) is 19.1 Å². The minimum absolute atomic E-state index is 0.198. The Morgan fingerprint density at radius 3 is 1.84 bits per heavy atom. The molecule has 0 aromatic heterocycles. The Kier molecular flexibility index (Phi) is 18.2. The Hall–Kier alpha value is -2.26. The summed E-state index contributed by atoms with van der Waals surface area (Å²) in [6.45, 7) is 25.2. The van der Waals surface area contributed by atoms with Crippen molar-refractivity contribution in [1.82, 2.24) is 0 Å². The van der Waals surface area contributed by atoms with Gasteiger partial charge in [-0.15, -0.1) is 0 Å². The number of carbonyl (C=O) groups is 2. The van der Waals surface area contributed by atoms with Crippen molar-refractivity contribution in [3.63, 3.8) is 0 Å². The van der Waals surface area contributed by atoms with Gasteiger partial charge >= 0.3 is 11.9 Å². The molecule has 55 heavy (non-hydrogen) atoms. The third-order valence-corrected chi connectivity index (χ3v) is 16.3. The van der Waals surface area contributed by atoms with Crippen LogP contribution < -0.4 is 5.19 Å². The summed E-state index contributed by atoms with van der Waals surface area (Å²) in [5.41, 5.74) is 4.22.